The number of allylic oxidation sites excluding steroid dienone is 1. The van der Waals surface area contributed by atoms with Crippen LogP contribution in [0.4, 0.5) is 8.78 Å². The molecule has 8 heteroatoms. The summed E-state index contributed by atoms with van der Waals surface area (Å²) in [7, 11) is 0. The number of pyridine rings is 1. The van der Waals surface area contributed by atoms with Gasteiger partial charge in [-0.3, -0.25) is 14.6 Å². The van der Waals surface area contributed by atoms with Crippen LogP contribution in [0.3, 0.4) is 0 Å². The van der Waals surface area contributed by atoms with Crippen LogP contribution in [0.5, 0.6) is 0 Å². The monoisotopic (exact) mass is 452 g/mol. The Bertz CT molecular complexity index is 1170. The van der Waals surface area contributed by atoms with E-state index >= 15 is 0 Å². The Hall–Kier alpha value is -3.60. The molecule has 33 heavy (non-hydrogen) atoms. The largest absolute Gasteiger partial charge is 0.480 e. The number of nitriles is 1. The summed E-state index contributed by atoms with van der Waals surface area (Å²) in [6.45, 7) is 2.91. The van der Waals surface area contributed by atoms with Crippen molar-refractivity contribution >= 4 is 18.0 Å². The molecule has 2 aliphatic rings. The van der Waals surface area contributed by atoms with Gasteiger partial charge in [-0.1, -0.05) is 37.3 Å². The Morgan fingerprint density at radius 1 is 1.27 bits per heavy atom. The molecule has 0 radical (unpaired) electrons. The third-order valence-corrected chi connectivity index (χ3v) is 6.92. The van der Waals surface area contributed by atoms with Crippen molar-refractivity contribution in [2.75, 3.05) is 0 Å². The zero-order valence-corrected chi connectivity index (χ0v) is 18.0. The summed E-state index contributed by atoms with van der Waals surface area (Å²) >= 11 is 0. The molecule has 1 aliphatic heterocycles. The van der Waals surface area contributed by atoms with Crippen LogP contribution in [-0.4, -0.2) is 34.1 Å². The number of ether oxygens (including phenoxy) is 1. The number of aromatic nitrogens is 1. The smallest absolute Gasteiger partial charge is 0.324 e. The Morgan fingerprint density at radius 3 is 2.64 bits per heavy atom. The molecule has 2 aromatic rings. The van der Waals surface area contributed by atoms with Gasteiger partial charge in [-0.05, 0) is 31.1 Å². The Morgan fingerprint density at radius 2 is 2.00 bits per heavy atom. The van der Waals surface area contributed by atoms with E-state index in [1.54, 1.807) is 49.5 Å². The summed E-state index contributed by atoms with van der Waals surface area (Å²) in [5, 5.41) is 19.1. The van der Waals surface area contributed by atoms with Gasteiger partial charge in [0.25, 0.3) is 5.92 Å². The lowest BCUT2D eigenvalue weighted by Crippen LogP contribution is -2.57. The van der Waals surface area contributed by atoms with Crippen LogP contribution in [0.1, 0.15) is 31.5 Å². The number of carbonyl (C=O) groups is 2. The summed E-state index contributed by atoms with van der Waals surface area (Å²) in [5.74, 6) is -9.06. The number of esters is 1. The molecule has 170 valence electrons. The lowest BCUT2D eigenvalue weighted by molar-refractivity contribution is -0.188. The van der Waals surface area contributed by atoms with Crippen LogP contribution in [-0.2, 0) is 14.3 Å². The second-order valence-electron chi connectivity index (χ2n) is 8.70. The van der Waals surface area contributed by atoms with Gasteiger partial charge in [0.05, 0.1) is 17.3 Å². The fourth-order valence-corrected chi connectivity index (χ4v) is 5.14. The summed E-state index contributed by atoms with van der Waals surface area (Å²) in [4.78, 5) is 28.8. The van der Waals surface area contributed by atoms with Gasteiger partial charge in [0.1, 0.15) is 6.10 Å². The number of carboxylic acid groups (broad SMARTS) is 1. The highest BCUT2D eigenvalue weighted by Crippen LogP contribution is 2.59. The fourth-order valence-electron chi connectivity index (χ4n) is 5.14. The zero-order chi connectivity index (χ0) is 24.0. The first-order valence-electron chi connectivity index (χ1n) is 10.6. The van der Waals surface area contributed by atoms with Crippen molar-refractivity contribution < 1.29 is 28.2 Å². The predicted octanol–water partition coefficient (Wildman–Crippen LogP) is 4.56. The van der Waals surface area contributed by atoms with Crippen LogP contribution in [0.2, 0.25) is 0 Å². The highest BCUT2D eigenvalue weighted by Gasteiger charge is 2.71. The minimum Gasteiger partial charge on any atom is -0.480 e. The van der Waals surface area contributed by atoms with Crippen LogP contribution < -0.4 is 0 Å². The molecule has 1 N–H and O–H groups in total. The summed E-state index contributed by atoms with van der Waals surface area (Å²) in [6.07, 6.45) is 2.79. The highest BCUT2D eigenvalue weighted by atomic mass is 19.3. The summed E-state index contributed by atoms with van der Waals surface area (Å²) in [6, 6.07) is 12.7. The average Bonchev–Trinajstić information content (AvgIpc) is 3.04. The van der Waals surface area contributed by atoms with E-state index in [1.165, 1.54) is 13.0 Å². The number of carbonyl (C=O) groups excluding carboxylic acids is 1. The first kappa shape index (κ1) is 22.6. The molecule has 0 unspecified atom stereocenters. The summed E-state index contributed by atoms with van der Waals surface area (Å²) < 4.78 is 34.9. The van der Waals surface area contributed by atoms with E-state index in [-0.39, 0.29) is 0 Å². The van der Waals surface area contributed by atoms with E-state index in [0.29, 0.717) is 11.3 Å². The van der Waals surface area contributed by atoms with Crippen LogP contribution in [0.15, 0.2) is 48.7 Å². The van der Waals surface area contributed by atoms with Crippen molar-refractivity contribution in [2.24, 2.45) is 23.2 Å². The quantitative estimate of drug-likeness (QED) is 0.539. The molecule has 2 fully saturated rings. The molecule has 5 atom stereocenters. The fraction of sp³-hybridized carbons (Fsp3) is 0.360. The number of cyclic esters (lactones) is 1. The number of alkyl halides is 2. The number of hydrogen-bond acceptors (Lipinski definition) is 5. The van der Waals surface area contributed by atoms with Crippen LogP contribution >= 0.6 is 0 Å². The second-order valence-corrected chi connectivity index (χ2v) is 8.70. The number of nitrogens with zero attached hydrogens (tertiary/aromatic N) is 2. The number of hydrogen-bond donors (Lipinski definition) is 1. The molecular weight excluding hydrogens is 430 g/mol. The van der Waals surface area contributed by atoms with Crippen LogP contribution in [0.25, 0.3) is 17.2 Å². The van der Waals surface area contributed by atoms with Gasteiger partial charge >= 0.3 is 11.9 Å². The third kappa shape index (κ3) is 3.58. The second kappa shape index (κ2) is 8.07. The number of rotatable bonds is 4. The first-order chi connectivity index (χ1) is 15.6. The molecule has 2 heterocycles. The molecule has 1 saturated carbocycles. The molecule has 0 spiro atoms. The van der Waals surface area contributed by atoms with Crippen molar-refractivity contribution in [3.63, 3.8) is 0 Å². The average molecular weight is 452 g/mol. The lowest BCUT2D eigenvalue weighted by atomic mass is 9.56. The van der Waals surface area contributed by atoms with E-state index in [1.807, 2.05) is 6.07 Å². The van der Waals surface area contributed by atoms with E-state index < -0.39 is 53.6 Å². The summed E-state index contributed by atoms with van der Waals surface area (Å²) in [5.41, 5.74) is 0.169. The van der Waals surface area contributed by atoms with Gasteiger partial charge in [-0.2, -0.15) is 5.26 Å². The predicted molar refractivity (Wildman–Crippen MR) is 115 cm³/mol. The minimum atomic E-state index is -3.36. The maximum atomic E-state index is 14.9. The van der Waals surface area contributed by atoms with E-state index in [0.717, 1.165) is 11.1 Å². The molecule has 0 bridgehead atoms. The van der Waals surface area contributed by atoms with Crippen molar-refractivity contribution in [3.8, 4) is 17.2 Å². The minimum absolute atomic E-state index is 0.480. The van der Waals surface area contributed by atoms with Crippen molar-refractivity contribution in [3.05, 3.63) is 59.9 Å². The molecular formula is C25H22F2N2O4. The Kier molecular flexibility index (Phi) is 5.52. The van der Waals surface area contributed by atoms with Gasteiger partial charge < -0.3 is 9.84 Å². The van der Waals surface area contributed by atoms with Gasteiger partial charge in [-0.15, -0.1) is 0 Å². The zero-order valence-electron chi connectivity index (χ0n) is 18.0. The number of halogens is 2. The lowest BCUT2D eigenvalue weighted by Gasteiger charge is -2.45. The Balaban J connectivity index is 1.67. The number of fused-ring (bicyclic) bond motifs is 1. The molecule has 6 nitrogen and oxygen atoms in total. The van der Waals surface area contributed by atoms with Gasteiger partial charge in [0, 0.05) is 35.6 Å². The maximum Gasteiger partial charge on any atom is 0.324 e. The number of benzene rings is 1. The maximum absolute atomic E-state index is 14.9. The topological polar surface area (TPSA) is 100 Å². The third-order valence-electron chi connectivity index (χ3n) is 6.92. The Labute approximate surface area is 189 Å². The van der Waals surface area contributed by atoms with E-state index in [2.05, 4.69) is 11.1 Å². The van der Waals surface area contributed by atoms with E-state index in [4.69, 9.17) is 4.74 Å². The molecule has 1 saturated heterocycles. The number of carboxylic acids is 1. The molecule has 1 aromatic heterocycles. The van der Waals surface area contributed by atoms with Crippen molar-refractivity contribution in [1.29, 1.82) is 5.26 Å². The standard InChI is InChI=1S/C25H22F2N2O4/c1-14-19(21-15(2)33-23(32)24(21,22(30)31)13-25(14,26)27)10-9-18-8-7-17(12-29-18)20-6-4-3-5-16(20)11-28/h3-10,12,14-15,19,21H,13H2,1-2H3,(H,30,31)/b10-9+/t14-,15+,19-,21-,24+/m0/s1. The van der Waals surface area contributed by atoms with Gasteiger partial charge in [-0.25, -0.2) is 8.78 Å². The van der Waals surface area contributed by atoms with E-state index in [9.17, 15) is 28.7 Å². The first-order valence-corrected chi connectivity index (χ1v) is 10.6. The van der Waals surface area contributed by atoms with Gasteiger partial charge in [0.15, 0.2) is 5.41 Å². The van der Waals surface area contributed by atoms with Crippen LogP contribution in [0, 0.1) is 34.5 Å². The molecule has 1 aromatic carbocycles. The van der Waals surface area contributed by atoms with Crippen molar-refractivity contribution in [2.45, 2.75) is 32.3 Å². The molecule has 1 aliphatic carbocycles. The highest BCUT2D eigenvalue weighted by molar-refractivity contribution is 6.01. The normalized spacial score (nSPS) is 30.5. The SMILES string of the molecule is C[C@H]1OC(=O)[C@]2(C(=O)O)CC(F)(F)[C@@H](C)[C@H](/C=C/c3ccc(-c4ccccc4C#N)cn3)[C@H]12. The van der Waals surface area contributed by atoms with Crippen molar-refractivity contribution in [1.82, 2.24) is 4.98 Å². The molecule has 0 amide bonds. The molecule has 4 rings (SSSR count). The van der Waals surface area contributed by atoms with Gasteiger partial charge in [0.2, 0.25) is 0 Å². The number of aliphatic carboxylic acids is 1.